The average molecular weight is 193 g/mol. The van der Waals surface area contributed by atoms with Crippen LogP contribution in [0.4, 0.5) is 0 Å². The molecule has 0 amide bonds. The zero-order valence-corrected chi connectivity index (χ0v) is 9.63. The zero-order valence-electron chi connectivity index (χ0n) is 9.63. The molecule has 1 aliphatic rings. The van der Waals surface area contributed by atoms with E-state index in [1.807, 2.05) is 6.08 Å². The lowest BCUT2D eigenvalue weighted by atomic mass is 9.93. The van der Waals surface area contributed by atoms with Gasteiger partial charge in [-0.15, -0.1) is 6.58 Å². The number of rotatable bonds is 5. The van der Waals surface area contributed by atoms with Gasteiger partial charge in [-0.05, 0) is 25.2 Å². The third kappa shape index (κ3) is 3.30. The van der Waals surface area contributed by atoms with E-state index in [1.165, 1.54) is 25.9 Å². The molecule has 14 heavy (non-hydrogen) atoms. The molecule has 0 aliphatic carbocycles. The van der Waals surface area contributed by atoms with Gasteiger partial charge in [0, 0.05) is 19.6 Å². The maximum absolute atomic E-state index is 3.76. The van der Waals surface area contributed by atoms with Crippen molar-refractivity contribution in [2.75, 3.05) is 19.6 Å². The van der Waals surface area contributed by atoms with E-state index in [2.05, 4.69) is 31.4 Å². The molecule has 1 atom stereocenters. The summed E-state index contributed by atoms with van der Waals surface area (Å²) in [5.41, 5.74) is 1.67. The van der Waals surface area contributed by atoms with Crippen LogP contribution in [0.15, 0.2) is 24.3 Å². The van der Waals surface area contributed by atoms with Crippen molar-refractivity contribution in [2.24, 2.45) is 5.92 Å². The Morgan fingerprint density at radius 3 is 2.93 bits per heavy atom. The van der Waals surface area contributed by atoms with Crippen molar-refractivity contribution in [2.45, 2.75) is 33.1 Å². The van der Waals surface area contributed by atoms with Crippen molar-refractivity contribution < 1.29 is 0 Å². The molecule has 1 heterocycles. The van der Waals surface area contributed by atoms with Crippen LogP contribution >= 0.6 is 0 Å². The lowest BCUT2D eigenvalue weighted by Crippen LogP contribution is -2.30. The highest BCUT2D eigenvalue weighted by Gasteiger charge is 2.13. The van der Waals surface area contributed by atoms with E-state index in [4.69, 9.17) is 0 Å². The monoisotopic (exact) mass is 193 g/mol. The summed E-state index contributed by atoms with van der Waals surface area (Å²) < 4.78 is 0. The molecule has 0 aromatic rings. The first-order chi connectivity index (χ1) is 6.77. The maximum Gasteiger partial charge on any atom is 0.0166 e. The van der Waals surface area contributed by atoms with Crippen molar-refractivity contribution in [3.63, 3.8) is 0 Å². The van der Waals surface area contributed by atoms with E-state index < -0.39 is 0 Å². The molecule has 0 aromatic heterocycles. The topological polar surface area (TPSA) is 3.24 Å². The summed E-state index contributed by atoms with van der Waals surface area (Å²) in [5, 5.41) is 0. The van der Waals surface area contributed by atoms with Gasteiger partial charge in [-0.25, -0.2) is 0 Å². The minimum atomic E-state index is 0.788. The lowest BCUT2D eigenvalue weighted by Gasteiger charge is -2.28. The predicted octanol–water partition coefficient (Wildman–Crippen LogP) is 3.24. The zero-order chi connectivity index (χ0) is 10.4. The van der Waals surface area contributed by atoms with Gasteiger partial charge < -0.3 is 0 Å². The Morgan fingerprint density at radius 2 is 2.43 bits per heavy atom. The molecular weight excluding hydrogens is 170 g/mol. The molecule has 1 unspecified atom stereocenters. The summed E-state index contributed by atoms with van der Waals surface area (Å²) >= 11 is 0. The largest absolute Gasteiger partial charge is 0.299 e. The summed E-state index contributed by atoms with van der Waals surface area (Å²) in [6.07, 6.45) is 8.10. The van der Waals surface area contributed by atoms with Crippen LogP contribution in [0.2, 0.25) is 0 Å². The SMILES string of the molecule is C=CCCN1CC=C(C(C)CC)CC1. The van der Waals surface area contributed by atoms with Gasteiger partial charge in [0.25, 0.3) is 0 Å². The molecule has 80 valence electrons. The van der Waals surface area contributed by atoms with Gasteiger partial charge in [0.2, 0.25) is 0 Å². The first-order valence-corrected chi connectivity index (χ1v) is 5.80. The molecule has 1 aliphatic heterocycles. The quantitative estimate of drug-likeness (QED) is 0.606. The Bertz CT molecular complexity index is 205. The van der Waals surface area contributed by atoms with Gasteiger partial charge in [0.1, 0.15) is 0 Å². The highest BCUT2D eigenvalue weighted by Crippen LogP contribution is 2.21. The molecule has 0 saturated heterocycles. The summed E-state index contributed by atoms with van der Waals surface area (Å²) in [6.45, 7) is 11.9. The Hall–Kier alpha value is -0.560. The number of hydrogen-bond donors (Lipinski definition) is 0. The van der Waals surface area contributed by atoms with Crippen LogP contribution in [-0.2, 0) is 0 Å². The van der Waals surface area contributed by atoms with Crippen LogP contribution in [0.1, 0.15) is 33.1 Å². The van der Waals surface area contributed by atoms with E-state index in [1.54, 1.807) is 5.57 Å². The third-order valence-electron chi connectivity index (χ3n) is 3.22. The first-order valence-electron chi connectivity index (χ1n) is 5.80. The van der Waals surface area contributed by atoms with Gasteiger partial charge in [0.05, 0.1) is 0 Å². The fraction of sp³-hybridized carbons (Fsp3) is 0.692. The van der Waals surface area contributed by atoms with E-state index in [-0.39, 0.29) is 0 Å². The minimum absolute atomic E-state index is 0.788. The molecule has 1 heteroatoms. The number of nitrogens with zero attached hydrogens (tertiary/aromatic N) is 1. The van der Waals surface area contributed by atoms with Crippen LogP contribution in [0.25, 0.3) is 0 Å². The molecule has 0 bridgehead atoms. The van der Waals surface area contributed by atoms with Gasteiger partial charge in [0.15, 0.2) is 0 Å². The molecule has 0 fully saturated rings. The van der Waals surface area contributed by atoms with E-state index in [9.17, 15) is 0 Å². The smallest absolute Gasteiger partial charge is 0.0166 e. The van der Waals surface area contributed by atoms with Crippen LogP contribution < -0.4 is 0 Å². The standard InChI is InChI=1S/C13H23N/c1-4-6-9-14-10-7-13(8-11-14)12(3)5-2/h4,7,12H,1,5-6,8-11H2,2-3H3. The predicted molar refractivity (Wildman–Crippen MR) is 63.4 cm³/mol. The van der Waals surface area contributed by atoms with E-state index >= 15 is 0 Å². The fourth-order valence-corrected chi connectivity index (χ4v) is 1.91. The molecule has 0 N–H and O–H groups in total. The molecule has 0 saturated carbocycles. The van der Waals surface area contributed by atoms with Gasteiger partial charge >= 0.3 is 0 Å². The summed E-state index contributed by atoms with van der Waals surface area (Å²) in [4.78, 5) is 2.51. The third-order valence-corrected chi connectivity index (χ3v) is 3.22. The second kappa shape index (κ2) is 6.02. The highest BCUT2D eigenvalue weighted by molar-refractivity contribution is 5.10. The van der Waals surface area contributed by atoms with E-state index in [0.29, 0.717) is 0 Å². The molecule has 0 aromatic carbocycles. The Kier molecular flexibility index (Phi) is 4.95. The summed E-state index contributed by atoms with van der Waals surface area (Å²) in [6, 6.07) is 0. The van der Waals surface area contributed by atoms with Gasteiger partial charge in [-0.3, -0.25) is 4.90 Å². The Balaban J connectivity index is 2.35. The van der Waals surface area contributed by atoms with Crippen molar-refractivity contribution in [1.29, 1.82) is 0 Å². The minimum Gasteiger partial charge on any atom is -0.299 e. The van der Waals surface area contributed by atoms with Crippen molar-refractivity contribution in [1.82, 2.24) is 4.90 Å². The molecule has 1 nitrogen and oxygen atoms in total. The second-order valence-electron chi connectivity index (χ2n) is 4.22. The normalized spacial score (nSPS) is 20.3. The molecular formula is C13H23N. The Labute approximate surface area is 88.5 Å². The first kappa shape index (κ1) is 11.5. The van der Waals surface area contributed by atoms with Crippen molar-refractivity contribution in [3.05, 3.63) is 24.3 Å². The van der Waals surface area contributed by atoms with Crippen molar-refractivity contribution >= 4 is 0 Å². The van der Waals surface area contributed by atoms with Crippen LogP contribution in [0, 0.1) is 5.92 Å². The average Bonchev–Trinajstić information content (AvgIpc) is 2.26. The van der Waals surface area contributed by atoms with Gasteiger partial charge in [-0.2, -0.15) is 0 Å². The second-order valence-corrected chi connectivity index (χ2v) is 4.22. The van der Waals surface area contributed by atoms with Crippen LogP contribution in [0.3, 0.4) is 0 Å². The summed E-state index contributed by atoms with van der Waals surface area (Å²) in [5.74, 6) is 0.788. The molecule has 1 rings (SSSR count). The lowest BCUT2D eigenvalue weighted by molar-refractivity contribution is 0.293. The fourth-order valence-electron chi connectivity index (χ4n) is 1.91. The maximum atomic E-state index is 3.76. The van der Waals surface area contributed by atoms with Crippen molar-refractivity contribution in [3.8, 4) is 0 Å². The molecule has 0 spiro atoms. The van der Waals surface area contributed by atoms with E-state index in [0.717, 1.165) is 18.9 Å². The van der Waals surface area contributed by atoms with Crippen LogP contribution in [-0.4, -0.2) is 24.5 Å². The summed E-state index contributed by atoms with van der Waals surface area (Å²) in [7, 11) is 0. The Morgan fingerprint density at radius 1 is 1.64 bits per heavy atom. The van der Waals surface area contributed by atoms with Gasteiger partial charge in [-0.1, -0.05) is 31.6 Å². The number of hydrogen-bond acceptors (Lipinski definition) is 1. The van der Waals surface area contributed by atoms with Crippen LogP contribution in [0.5, 0.6) is 0 Å². The highest BCUT2D eigenvalue weighted by atomic mass is 15.1. The molecule has 0 radical (unpaired) electrons.